The number of aliphatic hydroxyl groups is 2. The number of hydrogen-bond acceptors (Lipinski definition) is 11. The van der Waals surface area contributed by atoms with Crippen LogP contribution in [0, 0.1) is 0 Å². The first-order chi connectivity index (χ1) is 37.6. The number of carboxylic acids is 1. The first-order valence-electron chi connectivity index (χ1n) is 29.9. The Morgan fingerprint density at radius 2 is 0.844 bits per heavy atom. The van der Waals surface area contributed by atoms with Crippen LogP contribution in [0.3, 0.4) is 0 Å². The second-order valence-electron chi connectivity index (χ2n) is 19.9. The molecule has 6 unspecified atom stereocenters. The molecule has 436 valence electrons. The molecule has 0 aliphatic carbocycles. The molecule has 12 heteroatoms. The number of unbranched alkanes of at least 4 members (excludes halogenated alkanes) is 17. The van der Waals surface area contributed by atoms with E-state index in [2.05, 4.69) is 130 Å². The van der Waals surface area contributed by atoms with E-state index in [4.69, 9.17) is 23.7 Å². The third kappa shape index (κ3) is 42.1. The van der Waals surface area contributed by atoms with E-state index >= 15 is 0 Å². The lowest BCUT2D eigenvalue weighted by Gasteiger charge is -2.40. The van der Waals surface area contributed by atoms with Crippen molar-refractivity contribution < 1.29 is 58.2 Å². The maximum absolute atomic E-state index is 13.2. The minimum atomic E-state index is -1.92. The van der Waals surface area contributed by atoms with Crippen LogP contribution in [0.5, 0.6) is 0 Å². The van der Waals surface area contributed by atoms with E-state index in [1.807, 2.05) is 0 Å². The SMILES string of the molecule is CC/C=C\C/C=C\C/C=C\C/C=C\C/C=C\CCCCCC(=O)OCC(COC1OC(C(=O)O)C(O)C(O)C1OC(=O)CCCCCCC/C=C\C/C=C\CCC)OC(=O)CCCCCCC/C=C\C/C=C\CCCCC. The molecular weight excluding hydrogens is 973 g/mol. The Morgan fingerprint density at radius 3 is 1.31 bits per heavy atom. The van der Waals surface area contributed by atoms with Crippen LogP contribution in [0.15, 0.2) is 109 Å². The Morgan fingerprint density at radius 1 is 0.442 bits per heavy atom. The van der Waals surface area contributed by atoms with E-state index in [1.54, 1.807) is 0 Å². The highest BCUT2D eigenvalue weighted by atomic mass is 16.7. The van der Waals surface area contributed by atoms with Crippen molar-refractivity contribution in [2.75, 3.05) is 13.2 Å². The number of hydrogen-bond donors (Lipinski definition) is 3. The number of carbonyl (C=O) groups excluding carboxylic acids is 3. The molecule has 1 fully saturated rings. The van der Waals surface area contributed by atoms with Gasteiger partial charge in [0.1, 0.15) is 18.8 Å². The van der Waals surface area contributed by atoms with Crippen molar-refractivity contribution in [3.8, 4) is 0 Å². The van der Waals surface area contributed by atoms with E-state index in [0.29, 0.717) is 19.3 Å². The summed E-state index contributed by atoms with van der Waals surface area (Å²) in [4.78, 5) is 51.1. The second kappa shape index (κ2) is 52.1. The Balaban J connectivity index is 2.73. The molecule has 0 saturated carbocycles. The number of carboxylic acid groups (broad SMARTS) is 1. The Labute approximate surface area is 465 Å². The predicted molar refractivity (Wildman–Crippen MR) is 312 cm³/mol. The summed E-state index contributed by atoms with van der Waals surface area (Å²) in [7, 11) is 0. The highest BCUT2D eigenvalue weighted by Gasteiger charge is 2.50. The summed E-state index contributed by atoms with van der Waals surface area (Å²) < 4.78 is 28.4. The van der Waals surface area contributed by atoms with E-state index in [9.17, 15) is 34.5 Å². The van der Waals surface area contributed by atoms with Crippen molar-refractivity contribution in [1.82, 2.24) is 0 Å². The van der Waals surface area contributed by atoms with Gasteiger partial charge in [-0.15, -0.1) is 0 Å². The Hall–Kier alpha value is -4.62. The summed E-state index contributed by atoms with van der Waals surface area (Å²) in [6.45, 7) is 5.73. The molecule has 1 aliphatic heterocycles. The molecule has 1 saturated heterocycles. The zero-order valence-corrected chi connectivity index (χ0v) is 47.9. The van der Waals surface area contributed by atoms with Crippen LogP contribution in [0.2, 0.25) is 0 Å². The standard InChI is InChI=1S/C65H104O12/c1-4-7-10-13-16-19-22-25-27-28-29-30-32-34-36-39-42-45-48-51-57(66)73-54-56(75-58(67)52-49-46-43-40-38-35-31-26-23-20-17-14-11-8-5-2)55-74-65-63(61(70)60(69)62(77-65)64(71)72)76-59(68)53-50-47-44-41-37-33-24-21-18-15-12-9-6-3/h7,10,12,15-17,19-21,24-27,29-31,34,36,56,60-63,65,69-70H,4-6,8-9,11,13-14,18,22-23,28,32-33,35,37-55H2,1-3H3,(H,71,72)/b10-7-,15-12-,19-16-,20-17-,24-21-,27-25-,30-29-,31-26-,36-34-. The Bertz CT molecular complexity index is 1750. The number of aliphatic carboxylic acids is 1. The molecule has 12 nitrogen and oxygen atoms in total. The minimum Gasteiger partial charge on any atom is -0.479 e. The first-order valence-corrected chi connectivity index (χ1v) is 29.9. The van der Waals surface area contributed by atoms with E-state index in [-0.39, 0.29) is 25.9 Å². The molecule has 3 N–H and O–H groups in total. The van der Waals surface area contributed by atoms with Gasteiger partial charge in [-0.05, 0) is 122 Å². The number of ether oxygens (including phenoxy) is 5. The second-order valence-corrected chi connectivity index (χ2v) is 19.9. The van der Waals surface area contributed by atoms with Gasteiger partial charge in [0, 0.05) is 19.3 Å². The summed E-state index contributed by atoms with van der Waals surface area (Å²) >= 11 is 0. The average Bonchev–Trinajstić information content (AvgIpc) is 3.42. The van der Waals surface area contributed by atoms with Gasteiger partial charge in [0.15, 0.2) is 24.6 Å². The third-order valence-corrected chi connectivity index (χ3v) is 12.8. The molecular formula is C65H104O12. The van der Waals surface area contributed by atoms with Gasteiger partial charge in [-0.3, -0.25) is 14.4 Å². The average molecular weight is 1080 g/mol. The zero-order valence-electron chi connectivity index (χ0n) is 47.9. The maximum atomic E-state index is 13.2. The lowest BCUT2D eigenvalue weighted by atomic mass is 9.98. The van der Waals surface area contributed by atoms with Crippen LogP contribution in [0.1, 0.15) is 226 Å². The maximum Gasteiger partial charge on any atom is 0.335 e. The third-order valence-electron chi connectivity index (χ3n) is 12.8. The molecule has 1 heterocycles. The summed E-state index contributed by atoms with van der Waals surface area (Å²) in [5.74, 6) is -3.21. The van der Waals surface area contributed by atoms with E-state index in [1.165, 1.54) is 19.3 Å². The summed E-state index contributed by atoms with van der Waals surface area (Å²) in [5.41, 5.74) is 0. The highest BCUT2D eigenvalue weighted by Crippen LogP contribution is 2.26. The number of aliphatic hydroxyl groups excluding tert-OH is 2. The lowest BCUT2D eigenvalue weighted by Crippen LogP contribution is -2.61. The minimum absolute atomic E-state index is 0.0339. The van der Waals surface area contributed by atoms with Gasteiger partial charge in [0.2, 0.25) is 0 Å². The molecule has 0 radical (unpaired) electrons. The van der Waals surface area contributed by atoms with Gasteiger partial charge in [0.05, 0.1) is 6.61 Å². The number of rotatable bonds is 49. The van der Waals surface area contributed by atoms with Crippen molar-refractivity contribution in [2.24, 2.45) is 0 Å². The number of allylic oxidation sites excluding steroid dienone is 18. The molecule has 6 atom stereocenters. The highest BCUT2D eigenvalue weighted by molar-refractivity contribution is 5.74. The molecule has 0 aromatic heterocycles. The smallest absolute Gasteiger partial charge is 0.335 e. The fourth-order valence-corrected chi connectivity index (χ4v) is 8.23. The molecule has 0 aromatic carbocycles. The van der Waals surface area contributed by atoms with Gasteiger partial charge in [-0.25, -0.2) is 4.79 Å². The molecule has 77 heavy (non-hydrogen) atoms. The van der Waals surface area contributed by atoms with Crippen LogP contribution in [-0.2, 0) is 42.9 Å². The molecule has 0 bridgehead atoms. The quantitative estimate of drug-likeness (QED) is 0.0228. The lowest BCUT2D eigenvalue weighted by molar-refractivity contribution is -0.301. The van der Waals surface area contributed by atoms with Crippen LogP contribution in [0.25, 0.3) is 0 Å². The van der Waals surface area contributed by atoms with Gasteiger partial charge in [0.25, 0.3) is 0 Å². The zero-order chi connectivity index (χ0) is 56.1. The van der Waals surface area contributed by atoms with Crippen molar-refractivity contribution in [2.45, 2.75) is 263 Å². The van der Waals surface area contributed by atoms with Crippen molar-refractivity contribution in [1.29, 1.82) is 0 Å². The molecule has 1 aliphatic rings. The van der Waals surface area contributed by atoms with Gasteiger partial charge >= 0.3 is 23.9 Å². The predicted octanol–water partition coefficient (Wildman–Crippen LogP) is 15.4. The monoisotopic (exact) mass is 1080 g/mol. The molecule has 0 aromatic rings. The molecule has 0 amide bonds. The fraction of sp³-hybridized carbons (Fsp3) is 0.662. The van der Waals surface area contributed by atoms with Crippen molar-refractivity contribution in [3.05, 3.63) is 109 Å². The number of carbonyl (C=O) groups is 4. The topological polar surface area (TPSA) is 175 Å². The largest absolute Gasteiger partial charge is 0.479 e. The van der Waals surface area contributed by atoms with Gasteiger partial charge in [-0.1, -0.05) is 194 Å². The Kier molecular flexibility index (Phi) is 47.6. The van der Waals surface area contributed by atoms with Crippen molar-refractivity contribution in [3.63, 3.8) is 0 Å². The summed E-state index contributed by atoms with van der Waals surface area (Å²) in [6.07, 6.45) is 57.7. The van der Waals surface area contributed by atoms with Crippen LogP contribution < -0.4 is 0 Å². The fourth-order valence-electron chi connectivity index (χ4n) is 8.23. The van der Waals surface area contributed by atoms with Gasteiger partial charge in [-0.2, -0.15) is 0 Å². The summed E-state index contributed by atoms with van der Waals surface area (Å²) in [6, 6.07) is 0. The normalized spacial score (nSPS) is 18.8. The van der Waals surface area contributed by atoms with Crippen LogP contribution >= 0.6 is 0 Å². The number of esters is 3. The first kappa shape index (κ1) is 70.4. The molecule has 0 spiro atoms. The molecule has 1 rings (SSSR count). The van der Waals surface area contributed by atoms with Gasteiger partial charge < -0.3 is 39.0 Å². The van der Waals surface area contributed by atoms with E-state index in [0.717, 1.165) is 148 Å². The van der Waals surface area contributed by atoms with E-state index < -0.39 is 67.3 Å². The van der Waals surface area contributed by atoms with Crippen LogP contribution in [-0.4, -0.2) is 89.2 Å². The summed E-state index contributed by atoms with van der Waals surface area (Å²) in [5, 5.41) is 31.5. The van der Waals surface area contributed by atoms with Crippen molar-refractivity contribution >= 4 is 23.9 Å². The van der Waals surface area contributed by atoms with Crippen LogP contribution in [0.4, 0.5) is 0 Å².